The van der Waals surface area contributed by atoms with Crippen molar-refractivity contribution in [3.8, 4) is 5.75 Å². The third-order valence-electron chi connectivity index (χ3n) is 2.75. The Morgan fingerprint density at radius 3 is 2.89 bits per heavy atom. The van der Waals surface area contributed by atoms with Gasteiger partial charge in [0, 0.05) is 18.3 Å². The molecule has 0 aliphatic rings. The highest BCUT2D eigenvalue weighted by molar-refractivity contribution is 5.77. The van der Waals surface area contributed by atoms with Gasteiger partial charge in [-0.3, -0.25) is 9.78 Å². The van der Waals surface area contributed by atoms with Gasteiger partial charge in [0.05, 0.1) is 5.69 Å². The molecule has 0 bridgehead atoms. The molecular weight excluding hydrogens is 242 g/mol. The fourth-order valence-corrected chi connectivity index (χ4v) is 1.84. The van der Waals surface area contributed by atoms with Crippen LogP contribution in [-0.2, 0) is 11.3 Å². The number of hydrogen-bond donors (Lipinski definition) is 2. The van der Waals surface area contributed by atoms with Crippen molar-refractivity contribution in [1.82, 2.24) is 10.3 Å². The van der Waals surface area contributed by atoms with Gasteiger partial charge in [-0.1, -0.05) is 13.3 Å². The van der Waals surface area contributed by atoms with Crippen molar-refractivity contribution in [3.63, 3.8) is 0 Å². The number of aryl methyl sites for hydroxylation is 1. The van der Waals surface area contributed by atoms with Gasteiger partial charge >= 0.3 is 0 Å². The van der Waals surface area contributed by atoms with Crippen LogP contribution >= 0.6 is 0 Å². The van der Waals surface area contributed by atoms with E-state index in [1.807, 2.05) is 19.9 Å². The minimum Gasteiger partial charge on any atom is -0.482 e. The first-order chi connectivity index (χ1) is 9.06. The number of pyridine rings is 1. The van der Waals surface area contributed by atoms with E-state index in [-0.39, 0.29) is 18.6 Å². The quantitative estimate of drug-likeness (QED) is 0.784. The highest BCUT2D eigenvalue weighted by Gasteiger charge is 2.09. The molecular formula is C14H23N3O2. The molecule has 1 aromatic rings. The summed E-state index contributed by atoms with van der Waals surface area (Å²) in [7, 11) is 0. The maximum atomic E-state index is 11.7. The second-order valence-corrected chi connectivity index (χ2v) is 4.65. The summed E-state index contributed by atoms with van der Waals surface area (Å²) in [5.41, 5.74) is 7.16. The first-order valence-corrected chi connectivity index (χ1v) is 6.65. The second-order valence-electron chi connectivity index (χ2n) is 4.65. The van der Waals surface area contributed by atoms with Crippen LogP contribution in [0, 0.1) is 6.92 Å². The van der Waals surface area contributed by atoms with E-state index in [4.69, 9.17) is 10.5 Å². The molecule has 1 amide bonds. The molecule has 1 unspecified atom stereocenters. The highest BCUT2D eigenvalue weighted by atomic mass is 16.5. The van der Waals surface area contributed by atoms with E-state index in [1.54, 1.807) is 6.07 Å². The van der Waals surface area contributed by atoms with Crippen LogP contribution in [0.2, 0.25) is 0 Å². The zero-order valence-corrected chi connectivity index (χ0v) is 11.9. The van der Waals surface area contributed by atoms with E-state index < -0.39 is 0 Å². The number of nitrogens with zero attached hydrogens (tertiary/aromatic N) is 1. The number of nitrogens with two attached hydrogens (primary N) is 1. The molecule has 0 aliphatic carbocycles. The molecule has 19 heavy (non-hydrogen) atoms. The van der Waals surface area contributed by atoms with E-state index in [1.165, 1.54) is 0 Å². The lowest BCUT2D eigenvalue weighted by Gasteiger charge is -2.14. The third kappa shape index (κ3) is 5.26. The lowest BCUT2D eigenvalue weighted by molar-refractivity contribution is -0.123. The van der Waals surface area contributed by atoms with E-state index >= 15 is 0 Å². The van der Waals surface area contributed by atoms with E-state index in [2.05, 4.69) is 17.2 Å². The smallest absolute Gasteiger partial charge is 0.258 e. The summed E-state index contributed by atoms with van der Waals surface area (Å²) < 4.78 is 5.47. The molecule has 0 saturated carbocycles. The number of amides is 1. The minimum absolute atomic E-state index is 0.00814. The van der Waals surface area contributed by atoms with Crippen LogP contribution < -0.4 is 15.8 Å². The summed E-state index contributed by atoms with van der Waals surface area (Å²) in [6.45, 7) is 6.25. The molecule has 5 heteroatoms. The third-order valence-corrected chi connectivity index (χ3v) is 2.75. The highest BCUT2D eigenvalue weighted by Crippen LogP contribution is 2.16. The molecule has 5 nitrogen and oxygen atoms in total. The standard InChI is InChI=1S/C14H23N3O2/c1-4-5-10(2)17-14(18)9-19-13-7-6-11(3)16-12(13)8-15/h6-7,10H,4-5,8-9,15H2,1-3H3,(H,17,18). The Hall–Kier alpha value is -1.62. The van der Waals surface area contributed by atoms with Gasteiger partial charge in [-0.15, -0.1) is 0 Å². The van der Waals surface area contributed by atoms with Gasteiger partial charge in [0.2, 0.25) is 0 Å². The maximum Gasteiger partial charge on any atom is 0.258 e. The van der Waals surface area contributed by atoms with Crippen molar-refractivity contribution in [2.75, 3.05) is 6.61 Å². The molecule has 1 rings (SSSR count). The molecule has 3 N–H and O–H groups in total. The lowest BCUT2D eigenvalue weighted by Crippen LogP contribution is -2.36. The van der Waals surface area contributed by atoms with Crippen LogP contribution in [0.4, 0.5) is 0 Å². The van der Waals surface area contributed by atoms with Crippen molar-refractivity contribution in [2.45, 2.75) is 46.2 Å². The van der Waals surface area contributed by atoms with Crippen molar-refractivity contribution >= 4 is 5.91 Å². The number of rotatable bonds is 7. The van der Waals surface area contributed by atoms with Gasteiger partial charge in [0.25, 0.3) is 5.91 Å². The first-order valence-electron chi connectivity index (χ1n) is 6.65. The van der Waals surface area contributed by atoms with Crippen molar-refractivity contribution < 1.29 is 9.53 Å². The molecule has 0 saturated heterocycles. The van der Waals surface area contributed by atoms with Crippen LogP contribution in [0.5, 0.6) is 5.75 Å². The molecule has 1 aromatic heterocycles. The second kappa shape index (κ2) is 7.74. The molecule has 1 atom stereocenters. The summed E-state index contributed by atoms with van der Waals surface area (Å²) in [5, 5.41) is 2.88. The Labute approximate surface area is 114 Å². The van der Waals surface area contributed by atoms with E-state index in [0.717, 1.165) is 18.5 Å². The molecule has 0 radical (unpaired) electrons. The van der Waals surface area contributed by atoms with Crippen LogP contribution in [0.15, 0.2) is 12.1 Å². The van der Waals surface area contributed by atoms with E-state index in [0.29, 0.717) is 18.0 Å². The Bertz CT molecular complexity index is 421. The van der Waals surface area contributed by atoms with Crippen molar-refractivity contribution in [3.05, 3.63) is 23.5 Å². The molecule has 0 fully saturated rings. The fourth-order valence-electron chi connectivity index (χ4n) is 1.84. The Morgan fingerprint density at radius 1 is 1.53 bits per heavy atom. The SMILES string of the molecule is CCCC(C)NC(=O)COc1ccc(C)nc1CN. The first kappa shape index (κ1) is 15.4. The molecule has 0 aromatic carbocycles. The van der Waals surface area contributed by atoms with Crippen molar-refractivity contribution in [2.24, 2.45) is 5.73 Å². The summed E-state index contributed by atoms with van der Waals surface area (Å²) in [4.78, 5) is 16.0. The number of carbonyl (C=O) groups excluding carboxylic acids is 1. The minimum atomic E-state index is -0.121. The van der Waals surface area contributed by atoms with Gasteiger partial charge in [0.1, 0.15) is 5.75 Å². The van der Waals surface area contributed by atoms with Crippen molar-refractivity contribution in [1.29, 1.82) is 0 Å². The van der Waals surface area contributed by atoms with Crippen LogP contribution in [-0.4, -0.2) is 23.5 Å². The van der Waals surface area contributed by atoms with Gasteiger partial charge in [-0.05, 0) is 32.4 Å². The van der Waals surface area contributed by atoms with Gasteiger partial charge < -0.3 is 15.8 Å². The molecule has 0 spiro atoms. The maximum absolute atomic E-state index is 11.7. The topological polar surface area (TPSA) is 77.2 Å². The molecule has 0 aliphatic heterocycles. The average Bonchev–Trinajstić information content (AvgIpc) is 2.37. The van der Waals surface area contributed by atoms with E-state index in [9.17, 15) is 4.79 Å². The predicted molar refractivity (Wildman–Crippen MR) is 74.9 cm³/mol. The zero-order chi connectivity index (χ0) is 14.3. The lowest BCUT2D eigenvalue weighted by atomic mass is 10.2. The van der Waals surface area contributed by atoms with Gasteiger partial charge in [-0.2, -0.15) is 0 Å². The largest absolute Gasteiger partial charge is 0.482 e. The Balaban J connectivity index is 2.50. The monoisotopic (exact) mass is 265 g/mol. The van der Waals surface area contributed by atoms with Crippen LogP contribution in [0.25, 0.3) is 0 Å². The summed E-state index contributed by atoms with van der Waals surface area (Å²) in [6.07, 6.45) is 2.01. The summed E-state index contributed by atoms with van der Waals surface area (Å²) in [6, 6.07) is 3.81. The van der Waals surface area contributed by atoms with Crippen LogP contribution in [0.1, 0.15) is 38.1 Å². The number of carbonyl (C=O) groups is 1. The van der Waals surface area contributed by atoms with Crippen LogP contribution in [0.3, 0.4) is 0 Å². The Kier molecular flexibility index (Phi) is 6.29. The normalized spacial score (nSPS) is 12.0. The average molecular weight is 265 g/mol. The molecule has 106 valence electrons. The van der Waals surface area contributed by atoms with Gasteiger partial charge in [0.15, 0.2) is 6.61 Å². The number of aromatic nitrogens is 1. The van der Waals surface area contributed by atoms with Gasteiger partial charge in [-0.25, -0.2) is 0 Å². The Morgan fingerprint density at radius 2 is 2.26 bits per heavy atom. The fraction of sp³-hybridized carbons (Fsp3) is 0.571. The number of hydrogen-bond acceptors (Lipinski definition) is 4. The zero-order valence-electron chi connectivity index (χ0n) is 11.9. The summed E-state index contributed by atoms with van der Waals surface area (Å²) >= 11 is 0. The molecule has 1 heterocycles. The number of nitrogens with one attached hydrogen (secondary N) is 1. The summed E-state index contributed by atoms with van der Waals surface area (Å²) in [5.74, 6) is 0.455. The number of ether oxygens (including phenoxy) is 1. The predicted octanol–water partition coefficient (Wildman–Crippen LogP) is 1.53.